The van der Waals surface area contributed by atoms with Crippen LogP contribution in [-0.2, 0) is 6.61 Å². The van der Waals surface area contributed by atoms with Crippen LogP contribution in [0, 0.1) is 0 Å². The lowest BCUT2D eigenvalue weighted by Gasteiger charge is -2.10. The van der Waals surface area contributed by atoms with E-state index in [0.29, 0.717) is 6.61 Å². The first-order valence-electron chi connectivity index (χ1n) is 6.36. The van der Waals surface area contributed by atoms with Crippen molar-refractivity contribution in [3.05, 3.63) is 59.0 Å². The van der Waals surface area contributed by atoms with E-state index in [1.54, 1.807) is 29.5 Å². The molecular formula is C16H13NO3S. The number of anilines is 1. The average molecular weight is 299 g/mol. The minimum absolute atomic E-state index is 0.0111. The Bertz CT molecular complexity index is 810. The van der Waals surface area contributed by atoms with Gasteiger partial charge >= 0.3 is 5.97 Å². The Morgan fingerprint density at radius 2 is 2.00 bits per heavy atom. The molecule has 0 bridgehead atoms. The van der Waals surface area contributed by atoms with Crippen molar-refractivity contribution in [2.24, 2.45) is 0 Å². The van der Waals surface area contributed by atoms with Crippen molar-refractivity contribution in [2.45, 2.75) is 6.61 Å². The van der Waals surface area contributed by atoms with Gasteiger partial charge in [-0.2, -0.15) is 0 Å². The number of aromatic carboxylic acids is 1. The van der Waals surface area contributed by atoms with Crippen LogP contribution in [0.5, 0.6) is 5.75 Å². The third-order valence-electron chi connectivity index (χ3n) is 3.22. The summed E-state index contributed by atoms with van der Waals surface area (Å²) in [6.45, 7) is 0.313. The third-order valence-corrected chi connectivity index (χ3v) is 4.23. The van der Waals surface area contributed by atoms with Crippen molar-refractivity contribution >= 4 is 33.1 Å². The van der Waals surface area contributed by atoms with Gasteiger partial charge < -0.3 is 15.6 Å². The molecule has 0 aliphatic rings. The Hall–Kier alpha value is -2.53. The number of carboxylic acid groups (broad SMARTS) is 1. The number of hydrogen-bond acceptors (Lipinski definition) is 4. The summed E-state index contributed by atoms with van der Waals surface area (Å²) in [6, 6.07) is 12.9. The normalized spacial score (nSPS) is 10.7. The number of carboxylic acids is 1. The maximum Gasteiger partial charge on any atom is 0.341 e. The van der Waals surface area contributed by atoms with E-state index < -0.39 is 5.97 Å². The second-order valence-electron chi connectivity index (χ2n) is 4.57. The van der Waals surface area contributed by atoms with E-state index in [1.807, 2.05) is 29.6 Å². The van der Waals surface area contributed by atoms with E-state index >= 15 is 0 Å². The summed E-state index contributed by atoms with van der Waals surface area (Å²) in [5, 5.41) is 12.4. The molecule has 106 valence electrons. The van der Waals surface area contributed by atoms with E-state index in [9.17, 15) is 9.90 Å². The fraction of sp³-hybridized carbons (Fsp3) is 0.0625. The van der Waals surface area contributed by atoms with Crippen molar-refractivity contribution in [2.75, 3.05) is 5.73 Å². The van der Waals surface area contributed by atoms with Crippen LogP contribution in [0.25, 0.3) is 10.1 Å². The predicted octanol–water partition coefficient (Wildman–Crippen LogP) is 3.76. The van der Waals surface area contributed by atoms with Crippen molar-refractivity contribution in [1.29, 1.82) is 0 Å². The van der Waals surface area contributed by atoms with Gasteiger partial charge in [0.2, 0.25) is 0 Å². The first kappa shape index (κ1) is 13.5. The SMILES string of the molecule is Nc1cccc(OCc2csc3ccccc23)c1C(=O)O. The number of nitrogen functional groups attached to an aromatic ring is 1. The van der Waals surface area contributed by atoms with Crippen molar-refractivity contribution in [1.82, 2.24) is 0 Å². The van der Waals surface area contributed by atoms with E-state index in [1.165, 1.54) is 4.70 Å². The Morgan fingerprint density at radius 3 is 2.81 bits per heavy atom. The molecule has 3 N–H and O–H groups in total. The molecule has 0 saturated heterocycles. The molecule has 5 heteroatoms. The van der Waals surface area contributed by atoms with Crippen LogP contribution in [0.2, 0.25) is 0 Å². The molecule has 0 saturated carbocycles. The molecule has 0 spiro atoms. The zero-order valence-electron chi connectivity index (χ0n) is 11.1. The highest BCUT2D eigenvalue weighted by atomic mass is 32.1. The summed E-state index contributed by atoms with van der Waals surface area (Å²) >= 11 is 1.64. The van der Waals surface area contributed by atoms with Crippen LogP contribution in [-0.4, -0.2) is 11.1 Å². The molecule has 0 aliphatic carbocycles. The summed E-state index contributed by atoms with van der Waals surface area (Å²) in [7, 11) is 0. The van der Waals surface area contributed by atoms with E-state index in [4.69, 9.17) is 10.5 Å². The Kier molecular flexibility index (Phi) is 3.50. The van der Waals surface area contributed by atoms with Gasteiger partial charge in [0.15, 0.2) is 0 Å². The fourth-order valence-corrected chi connectivity index (χ4v) is 3.14. The van der Waals surface area contributed by atoms with Crippen LogP contribution in [0.1, 0.15) is 15.9 Å². The molecule has 2 aromatic carbocycles. The molecule has 0 aliphatic heterocycles. The van der Waals surface area contributed by atoms with Crippen molar-refractivity contribution in [3.63, 3.8) is 0 Å². The molecule has 3 aromatic rings. The number of fused-ring (bicyclic) bond motifs is 1. The standard InChI is InChI=1S/C16H13NO3S/c17-12-5-3-6-13(15(12)16(18)19)20-8-10-9-21-14-7-2-1-4-11(10)14/h1-7,9H,8,17H2,(H,18,19). The Morgan fingerprint density at radius 1 is 1.19 bits per heavy atom. The third kappa shape index (κ3) is 2.55. The number of rotatable bonds is 4. The Balaban J connectivity index is 1.89. The highest BCUT2D eigenvalue weighted by Gasteiger charge is 2.15. The van der Waals surface area contributed by atoms with E-state index in [2.05, 4.69) is 0 Å². The lowest BCUT2D eigenvalue weighted by Crippen LogP contribution is -2.06. The molecule has 21 heavy (non-hydrogen) atoms. The van der Waals surface area contributed by atoms with Gasteiger partial charge in [0, 0.05) is 16.0 Å². The van der Waals surface area contributed by atoms with Gasteiger partial charge in [-0.05, 0) is 29.0 Å². The molecule has 1 aromatic heterocycles. The maximum atomic E-state index is 11.3. The van der Waals surface area contributed by atoms with Gasteiger partial charge in [0.1, 0.15) is 17.9 Å². The van der Waals surface area contributed by atoms with Crippen LogP contribution < -0.4 is 10.5 Å². The largest absolute Gasteiger partial charge is 0.488 e. The Labute approximate surface area is 125 Å². The lowest BCUT2D eigenvalue weighted by atomic mass is 10.1. The number of carbonyl (C=O) groups is 1. The summed E-state index contributed by atoms with van der Waals surface area (Å²) < 4.78 is 6.86. The number of nitrogens with two attached hydrogens (primary N) is 1. The number of ether oxygens (including phenoxy) is 1. The average Bonchev–Trinajstić information content (AvgIpc) is 2.88. The summed E-state index contributed by atoms with van der Waals surface area (Å²) in [6.07, 6.45) is 0. The second kappa shape index (κ2) is 5.46. The topological polar surface area (TPSA) is 72.5 Å². The van der Waals surface area contributed by atoms with Crippen LogP contribution in [0.3, 0.4) is 0 Å². The van der Waals surface area contributed by atoms with Gasteiger partial charge in [-0.1, -0.05) is 24.3 Å². The zero-order valence-corrected chi connectivity index (χ0v) is 11.9. The number of hydrogen-bond donors (Lipinski definition) is 2. The summed E-state index contributed by atoms with van der Waals surface area (Å²) in [4.78, 5) is 11.3. The van der Waals surface area contributed by atoms with Gasteiger partial charge in [0.25, 0.3) is 0 Å². The maximum absolute atomic E-state index is 11.3. The highest BCUT2D eigenvalue weighted by molar-refractivity contribution is 7.17. The molecule has 1 heterocycles. The minimum Gasteiger partial charge on any atom is -0.488 e. The smallest absolute Gasteiger partial charge is 0.341 e. The van der Waals surface area contributed by atoms with E-state index in [0.717, 1.165) is 10.9 Å². The summed E-state index contributed by atoms with van der Waals surface area (Å²) in [5.74, 6) is -0.795. The first-order valence-corrected chi connectivity index (χ1v) is 7.24. The monoisotopic (exact) mass is 299 g/mol. The summed E-state index contributed by atoms with van der Waals surface area (Å²) in [5.41, 5.74) is 6.95. The van der Waals surface area contributed by atoms with Crippen molar-refractivity contribution in [3.8, 4) is 5.75 Å². The second-order valence-corrected chi connectivity index (χ2v) is 5.48. The van der Waals surface area contributed by atoms with Crippen LogP contribution in [0.15, 0.2) is 47.8 Å². The van der Waals surface area contributed by atoms with E-state index in [-0.39, 0.29) is 17.0 Å². The number of thiophene rings is 1. The molecule has 0 unspecified atom stereocenters. The van der Waals surface area contributed by atoms with Gasteiger partial charge in [0.05, 0.1) is 0 Å². The molecule has 0 amide bonds. The molecule has 4 nitrogen and oxygen atoms in total. The fourth-order valence-electron chi connectivity index (χ4n) is 2.20. The minimum atomic E-state index is -1.08. The van der Waals surface area contributed by atoms with Gasteiger partial charge in [-0.15, -0.1) is 11.3 Å². The lowest BCUT2D eigenvalue weighted by molar-refractivity contribution is 0.0693. The van der Waals surface area contributed by atoms with Gasteiger partial charge in [-0.25, -0.2) is 4.79 Å². The van der Waals surface area contributed by atoms with Crippen LogP contribution >= 0.6 is 11.3 Å². The molecule has 3 rings (SSSR count). The quantitative estimate of drug-likeness (QED) is 0.719. The molecule has 0 atom stereocenters. The highest BCUT2D eigenvalue weighted by Crippen LogP contribution is 2.29. The van der Waals surface area contributed by atoms with Crippen molar-refractivity contribution < 1.29 is 14.6 Å². The number of benzene rings is 2. The molecule has 0 radical (unpaired) electrons. The van der Waals surface area contributed by atoms with Gasteiger partial charge in [-0.3, -0.25) is 0 Å². The predicted molar refractivity (Wildman–Crippen MR) is 84.0 cm³/mol. The van der Waals surface area contributed by atoms with Crippen LogP contribution in [0.4, 0.5) is 5.69 Å². The molecule has 0 fully saturated rings. The molecular weight excluding hydrogens is 286 g/mol. The first-order chi connectivity index (χ1) is 10.2. The zero-order chi connectivity index (χ0) is 14.8.